The van der Waals surface area contributed by atoms with E-state index in [-0.39, 0.29) is 4.90 Å². The molecular formula is C23H24ClNO3S. The van der Waals surface area contributed by atoms with Crippen LogP contribution >= 0.6 is 11.6 Å². The first-order chi connectivity index (χ1) is 13.9. The zero-order valence-corrected chi connectivity index (χ0v) is 18.0. The fraction of sp³-hybridized carbons (Fsp3) is 0.217. The number of rotatable bonds is 8. The van der Waals surface area contributed by atoms with E-state index in [4.69, 9.17) is 16.3 Å². The summed E-state index contributed by atoms with van der Waals surface area (Å²) in [5.74, 6) is 0. The second-order valence-corrected chi connectivity index (χ2v) is 8.89. The van der Waals surface area contributed by atoms with Crippen LogP contribution in [0.15, 0.2) is 89.8 Å². The van der Waals surface area contributed by atoms with Crippen molar-refractivity contribution in [2.24, 2.45) is 0 Å². The number of nitrogens with zero attached hydrogens (tertiary/aromatic N) is 1. The first kappa shape index (κ1) is 21.4. The van der Waals surface area contributed by atoms with Crippen LogP contribution in [0.1, 0.15) is 23.4 Å². The summed E-state index contributed by atoms with van der Waals surface area (Å²) < 4.78 is 34.6. The highest BCUT2D eigenvalue weighted by molar-refractivity contribution is 7.92. The Morgan fingerprint density at radius 2 is 1.45 bits per heavy atom. The first-order valence-corrected chi connectivity index (χ1v) is 11.3. The minimum Gasteiger partial charge on any atom is -0.356 e. The molecule has 152 valence electrons. The molecule has 0 saturated heterocycles. The predicted molar refractivity (Wildman–Crippen MR) is 118 cm³/mol. The monoisotopic (exact) mass is 429 g/mol. The van der Waals surface area contributed by atoms with Gasteiger partial charge in [0.2, 0.25) is 0 Å². The van der Waals surface area contributed by atoms with Gasteiger partial charge in [-0.2, -0.15) is 0 Å². The molecule has 0 bridgehead atoms. The molecule has 0 spiro atoms. The van der Waals surface area contributed by atoms with Crippen molar-refractivity contribution >= 4 is 27.3 Å². The Morgan fingerprint density at radius 3 is 2.00 bits per heavy atom. The van der Waals surface area contributed by atoms with Crippen molar-refractivity contribution in [2.75, 3.05) is 10.9 Å². The molecule has 0 aliphatic rings. The molecule has 0 fully saturated rings. The second-order valence-electron chi connectivity index (χ2n) is 6.61. The quantitative estimate of drug-likeness (QED) is 0.349. The molecule has 0 saturated carbocycles. The Hall–Kier alpha value is -2.34. The molecule has 0 N–H and O–H groups in total. The van der Waals surface area contributed by atoms with Gasteiger partial charge in [0.25, 0.3) is 10.0 Å². The molecule has 0 radical (unpaired) electrons. The molecule has 3 aromatic carbocycles. The molecule has 0 aliphatic heterocycles. The van der Waals surface area contributed by atoms with E-state index in [1.54, 1.807) is 48.5 Å². The number of para-hydroxylation sites is 1. The number of ether oxygens (including phenoxy) is 1. The van der Waals surface area contributed by atoms with Gasteiger partial charge in [0.15, 0.2) is 6.23 Å². The van der Waals surface area contributed by atoms with Gasteiger partial charge in [0.05, 0.1) is 10.6 Å². The van der Waals surface area contributed by atoms with Crippen LogP contribution in [0.5, 0.6) is 0 Å². The molecule has 0 unspecified atom stereocenters. The van der Waals surface area contributed by atoms with Gasteiger partial charge in [-0.25, -0.2) is 12.7 Å². The summed E-state index contributed by atoms with van der Waals surface area (Å²) in [6.45, 7) is 4.05. The van der Waals surface area contributed by atoms with Crippen LogP contribution in [0.3, 0.4) is 0 Å². The average Bonchev–Trinajstić information content (AvgIpc) is 2.74. The van der Waals surface area contributed by atoms with E-state index < -0.39 is 21.6 Å². The van der Waals surface area contributed by atoms with E-state index in [0.29, 0.717) is 12.3 Å². The highest BCUT2D eigenvalue weighted by Gasteiger charge is 2.37. The van der Waals surface area contributed by atoms with Gasteiger partial charge in [-0.15, -0.1) is 11.6 Å². The lowest BCUT2D eigenvalue weighted by Crippen LogP contribution is -2.44. The van der Waals surface area contributed by atoms with Gasteiger partial charge in [-0.05, 0) is 43.7 Å². The van der Waals surface area contributed by atoms with E-state index >= 15 is 0 Å². The Balaban J connectivity index is 2.14. The molecule has 29 heavy (non-hydrogen) atoms. The third kappa shape index (κ3) is 4.81. The van der Waals surface area contributed by atoms with Crippen molar-refractivity contribution in [3.05, 3.63) is 96.1 Å². The van der Waals surface area contributed by atoms with Crippen molar-refractivity contribution < 1.29 is 13.2 Å². The average molecular weight is 430 g/mol. The number of alkyl halides is 1. The number of aryl methyl sites for hydroxylation is 1. The molecule has 6 heteroatoms. The van der Waals surface area contributed by atoms with E-state index in [1.807, 2.05) is 50.2 Å². The summed E-state index contributed by atoms with van der Waals surface area (Å²) in [4.78, 5) is 0.189. The van der Waals surface area contributed by atoms with Crippen molar-refractivity contribution in [3.63, 3.8) is 0 Å². The maximum Gasteiger partial charge on any atom is 0.266 e. The van der Waals surface area contributed by atoms with Crippen molar-refractivity contribution in [1.82, 2.24) is 0 Å². The minimum absolute atomic E-state index is 0.189. The van der Waals surface area contributed by atoms with Gasteiger partial charge < -0.3 is 4.74 Å². The summed E-state index contributed by atoms with van der Waals surface area (Å²) in [7, 11) is -3.92. The first-order valence-electron chi connectivity index (χ1n) is 9.42. The fourth-order valence-corrected chi connectivity index (χ4v) is 5.02. The summed E-state index contributed by atoms with van der Waals surface area (Å²) >= 11 is 6.78. The summed E-state index contributed by atoms with van der Waals surface area (Å²) in [6, 6.07) is 25.0. The lowest BCUT2D eigenvalue weighted by molar-refractivity contribution is 0.0681. The van der Waals surface area contributed by atoms with Crippen molar-refractivity contribution in [1.29, 1.82) is 0 Å². The highest BCUT2D eigenvalue weighted by atomic mass is 35.5. The third-order valence-corrected chi connectivity index (χ3v) is 6.80. The van der Waals surface area contributed by atoms with Crippen LogP contribution in [0, 0.1) is 6.92 Å². The van der Waals surface area contributed by atoms with Gasteiger partial charge in [-0.1, -0.05) is 66.2 Å². The Bertz CT molecular complexity index is 1010. The van der Waals surface area contributed by atoms with Crippen LogP contribution in [0.25, 0.3) is 0 Å². The lowest BCUT2D eigenvalue weighted by atomic mass is 10.1. The predicted octanol–water partition coefficient (Wildman–Crippen LogP) is 5.53. The number of hydrogen-bond donors (Lipinski definition) is 0. The van der Waals surface area contributed by atoms with Gasteiger partial charge in [0.1, 0.15) is 5.38 Å². The summed E-state index contributed by atoms with van der Waals surface area (Å²) in [5.41, 5.74) is 2.26. The van der Waals surface area contributed by atoms with Crippen LogP contribution in [0.4, 0.5) is 5.69 Å². The van der Waals surface area contributed by atoms with Gasteiger partial charge in [-0.3, -0.25) is 0 Å². The Labute approximate surface area is 177 Å². The third-order valence-electron chi connectivity index (χ3n) is 4.53. The largest absolute Gasteiger partial charge is 0.356 e. The number of sulfonamides is 1. The number of benzene rings is 3. The molecule has 0 aromatic heterocycles. The Kier molecular flexibility index (Phi) is 6.96. The molecular weight excluding hydrogens is 406 g/mol. The number of halogens is 1. The number of anilines is 1. The summed E-state index contributed by atoms with van der Waals surface area (Å²) in [6.07, 6.45) is -0.919. The Morgan fingerprint density at radius 1 is 0.897 bits per heavy atom. The molecule has 3 aromatic rings. The van der Waals surface area contributed by atoms with E-state index in [2.05, 4.69) is 0 Å². The smallest absolute Gasteiger partial charge is 0.266 e. The van der Waals surface area contributed by atoms with E-state index in [1.165, 1.54) is 4.31 Å². The van der Waals surface area contributed by atoms with Gasteiger partial charge >= 0.3 is 0 Å². The maximum atomic E-state index is 13.7. The van der Waals surface area contributed by atoms with Crippen LogP contribution < -0.4 is 4.31 Å². The molecule has 0 heterocycles. The zero-order chi connectivity index (χ0) is 20.9. The van der Waals surface area contributed by atoms with Crippen molar-refractivity contribution in [2.45, 2.75) is 30.3 Å². The second kappa shape index (κ2) is 9.44. The molecule has 0 aliphatic carbocycles. The number of hydrogen-bond acceptors (Lipinski definition) is 3. The van der Waals surface area contributed by atoms with Crippen molar-refractivity contribution in [3.8, 4) is 0 Å². The van der Waals surface area contributed by atoms with Crippen LogP contribution in [-0.4, -0.2) is 21.3 Å². The normalized spacial score (nSPS) is 13.6. The minimum atomic E-state index is -3.92. The van der Waals surface area contributed by atoms with Crippen LogP contribution in [0.2, 0.25) is 0 Å². The fourth-order valence-electron chi connectivity index (χ4n) is 3.06. The molecule has 0 amide bonds. The zero-order valence-electron chi connectivity index (χ0n) is 16.4. The highest BCUT2D eigenvalue weighted by Crippen LogP contribution is 2.35. The lowest BCUT2D eigenvalue weighted by Gasteiger charge is -2.35. The molecule has 4 nitrogen and oxygen atoms in total. The van der Waals surface area contributed by atoms with Gasteiger partial charge in [0, 0.05) is 6.61 Å². The standard InChI is InChI=1S/C23H24ClNO3S/c1-3-28-23(22(24)19-10-6-4-7-11-19)25(20-12-8-5-9-13-20)29(26,27)21-16-14-18(2)15-17-21/h4-17,22-23H,3H2,1-2H3/t22-,23-/m1/s1. The molecule has 2 atom stereocenters. The van der Waals surface area contributed by atoms with E-state index in [9.17, 15) is 8.42 Å². The maximum absolute atomic E-state index is 13.7. The van der Waals surface area contributed by atoms with E-state index in [0.717, 1.165) is 11.1 Å². The molecule has 3 rings (SSSR count). The summed E-state index contributed by atoms with van der Waals surface area (Å²) in [5, 5.41) is -0.698. The topological polar surface area (TPSA) is 46.6 Å². The SMILES string of the molecule is CCO[C@H]([C@H](Cl)c1ccccc1)N(c1ccccc1)S(=O)(=O)c1ccc(C)cc1. The van der Waals surface area contributed by atoms with Crippen LogP contribution in [-0.2, 0) is 14.8 Å².